The highest BCUT2D eigenvalue weighted by molar-refractivity contribution is 6.06. The van der Waals surface area contributed by atoms with Gasteiger partial charge in [-0.25, -0.2) is 4.98 Å². The number of aromatic nitrogens is 3. The first-order valence-corrected chi connectivity index (χ1v) is 10.9. The van der Waals surface area contributed by atoms with Gasteiger partial charge in [-0.15, -0.1) is 0 Å². The molecule has 1 saturated heterocycles. The molecule has 3 heterocycles. The summed E-state index contributed by atoms with van der Waals surface area (Å²) < 4.78 is 7.95. The van der Waals surface area contributed by atoms with Crippen molar-refractivity contribution in [1.82, 2.24) is 25.0 Å². The number of carbonyl (C=O) groups excluding carboxylic acids is 1. The van der Waals surface area contributed by atoms with Crippen LogP contribution in [0.5, 0.6) is 0 Å². The quantitative estimate of drug-likeness (QED) is 0.662. The van der Waals surface area contributed by atoms with Crippen molar-refractivity contribution in [2.45, 2.75) is 33.4 Å². The third kappa shape index (κ3) is 4.94. The van der Waals surface area contributed by atoms with Crippen molar-refractivity contribution in [1.29, 1.82) is 0 Å². The zero-order valence-corrected chi connectivity index (χ0v) is 18.8. The van der Waals surface area contributed by atoms with Gasteiger partial charge >= 0.3 is 0 Å². The molecule has 2 aromatic heterocycles. The van der Waals surface area contributed by atoms with Gasteiger partial charge in [0, 0.05) is 50.4 Å². The Labute approximate surface area is 183 Å². The van der Waals surface area contributed by atoms with Gasteiger partial charge in [0.2, 0.25) is 0 Å². The largest absolute Gasteiger partial charge is 0.369 e. The molecule has 0 spiro atoms. The van der Waals surface area contributed by atoms with E-state index in [1.165, 1.54) is 5.56 Å². The van der Waals surface area contributed by atoms with Crippen LogP contribution in [0.4, 0.5) is 0 Å². The van der Waals surface area contributed by atoms with Crippen molar-refractivity contribution < 1.29 is 9.53 Å². The van der Waals surface area contributed by atoms with E-state index in [4.69, 9.17) is 9.72 Å². The molecule has 0 unspecified atom stereocenters. The molecule has 0 aliphatic carbocycles. The number of nitrogens with zero attached hydrogens (tertiary/aromatic N) is 4. The summed E-state index contributed by atoms with van der Waals surface area (Å²) in [5, 5.41) is 8.36. The molecule has 31 heavy (non-hydrogen) atoms. The highest BCUT2D eigenvalue weighted by Crippen LogP contribution is 2.27. The summed E-state index contributed by atoms with van der Waals surface area (Å²) in [7, 11) is 1.95. The molecule has 0 bridgehead atoms. The topological polar surface area (TPSA) is 72.3 Å². The molecule has 4 rings (SSSR count). The lowest BCUT2D eigenvalue weighted by Gasteiger charge is -2.32. The molecular weight excluding hydrogens is 390 g/mol. The number of morpholine rings is 1. The van der Waals surface area contributed by atoms with Crippen LogP contribution in [0, 0.1) is 12.8 Å². The number of carbonyl (C=O) groups is 1. The van der Waals surface area contributed by atoms with Crippen LogP contribution in [-0.2, 0) is 18.3 Å². The highest BCUT2D eigenvalue weighted by atomic mass is 16.5. The minimum atomic E-state index is -0.174. The van der Waals surface area contributed by atoms with Gasteiger partial charge in [0.05, 0.1) is 29.1 Å². The van der Waals surface area contributed by atoms with Crippen molar-refractivity contribution in [2.75, 3.05) is 26.2 Å². The van der Waals surface area contributed by atoms with E-state index in [0.717, 1.165) is 41.9 Å². The molecule has 1 aliphatic rings. The molecule has 1 amide bonds. The Morgan fingerprint density at radius 3 is 2.87 bits per heavy atom. The minimum absolute atomic E-state index is 0.0628. The number of pyridine rings is 1. The van der Waals surface area contributed by atoms with Crippen molar-refractivity contribution in [2.24, 2.45) is 13.0 Å². The molecular formula is C24H31N5O2. The Balaban J connectivity index is 1.59. The lowest BCUT2D eigenvalue weighted by atomic mass is 10.0. The summed E-state index contributed by atoms with van der Waals surface area (Å²) in [6, 6.07) is 9.71. The van der Waals surface area contributed by atoms with Crippen LogP contribution in [0.2, 0.25) is 0 Å². The van der Waals surface area contributed by atoms with Crippen LogP contribution in [0.15, 0.2) is 36.5 Å². The van der Waals surface area contributed by atoms with E-state index in [1.807, 2.05) is 49.0 Å². The van der Waals surface area contributed by atoms with E-state index >= 15 is 0 Å². The molecule has 1 aliphatic heterocycles. The predicted octanol–water partition coefficient (Wildman–Crippen LogP) is 3.24. The second-order valence-corrected chi connectivity index (χ2v) is 8.72. The van der Waals surface area contributed by atoms with Crippen LogP contribution in [0.25, 0.3) is 10.9 Å². The average molecular weight is 422 g/mol. The molecule has 1 aromatic carbocycles. The normalized spacial score (nSPS) is 17.4. The van der Waals surface area contributed by atoms with Crippen LogP contribution >= 0.6 is 0 Å². The van der Waals surface area contributed by atoms with Gasteiger partial charge in [-0.1, -0.05) is 32.0 Å². The van der Waals surface area contributed by atoms with Crippen molar-refractivity contribution in [3.63, 3.8) is 0 Å². The number of hydrogen-bond acceptors (Lipinski definition) is 5. The van der Waals surface area contributed by atoms with Crippen molar-refractivity contribution in [3.05, 3.63) is 59.0 Å². The SMILES string of the molecule is Cc1nn(C)cc1CN1CCO[C@@H](c2cc(C(=O)NCC(C)C)c3ccccc3n2)C1. The fraction of sp³-hybridized carbons (Fsp3) is 0.458. The first-order valence-electron chi connectivity index (χ1n) is 10.9. The third-order valence-electron chi connectivity index (χ3n) is 5.64. The average Bonchev–Trinajstić information content (AvgIpc) is 3.07. The van der Waals surface area contributed by atoms with E-state index < -0.39 is 0 Å². The number of nitrogens with one attached hydrogen (secondary N) is 1. The number of para-hydroxylation sites is 1. The number of benzene rings is 1. The summed E-state index contributed by atoms with van der Waals surface area (Å²) >= 11 is 0. The predicted molar refractivity (Wildman–Crippen MR) is 121 cm³/mol. The van der Waals surface area contributed by atoms with E-state index in [1.54, 1.807) is 0 Å². The fourth-order valence-corrected chi connectivity index (χ4v) is 4.01. The van der Waals surface area contributed by atoms with Gasteiger partial charge in [0.15, 0.2) is 0 Å². The number of hydrogen-bond donors (Lipinski definition) is 1. The molecule has 164 valence electrons. The van der Waals surface area contributed by atoms with Crippen LogP contribution in [-0.4, -0.2) is 51.8 Å². The van der Waals surface area contributed by atoms with Gasteiger partial charge < -0.3 is 10.1 Å². The van der Waals surface area contributed by atoms with E-state index in [-0.39, 0.29) is 12.0 Å². The summed E-state index contributed by atoms with van der Waals surface area (Å²) in [6.07, 6.45) is 1.90. The number of fused-ring (bicyclic) bond motifs is 1. The first-order chi connectivity index (χ1) is 14.9. The van der Waals surface area contributed by atoms with Crippen LogP contribution in [0.3, 0.4) is 0 Å². The zero-order chi connectivity index (χ0) is 22.0. The second kappa shape index (κ2) is 9.16. The van der Waals surface area contributed by atoms with E-state index in [9.17, 15) is 4.79 Å². The molecule has 1 atom stereocenters. The third-order valence-corrected chi connectivity index (χ3v) is 5.64. The van der Waals surface area contributed by atoms with Gasteiger partial charge in [0.1, 0.15) is 6.10 Å². The zero-order valence-electron chi connectivity index (χ0n) is 18.8. The molecule has 3 aromatic rings. The fourth-order valence-electron chi connectivity index (χ4n) is 4.01. The van der Waals surface area contributed by atoms with E-state index in [2.05, 4.69) is 35.4 Å². The van der Waals surface area contributed by atoms with Gasteiger partial charge in [-0.3, -0.25) is 14.4 Å². The first kappa shape index (κ1) is 21.5. The molecule has 0 radical (unpaired) electrons. The maximum atomic E-state index is 12.9. The summed E-state index contributed by atoms with van der Waals surface area (Å²) in [5.74, 6) is 0.329. The maximum absolute atomic E-state index is 12.9. The monoisotopic (exact) mass is 421 g/mol. The van der Waals surface area contributed by atoms with Gasteiger partial charge in [-0.2, -0.15) is 5.10 Å². The molecule has 0 saturated carbocycles. The molecule has 7 nitrogen and oxygen atoms in total. The maximum Gasteiger partial charge on any atom is 0.252 e. The Morgan fingerprint density at radius 2 is 2.13 bits per heavy atom. The van der Waals surface area contributed by atoms with Gasteiger partial charge in [-0.05, 0) is 25.0 Å². The summed E-state index contributed by atoms with van der Waals surface area (Å²) in [6.45, 7) is 9.91. The van der Waals surface area contributed by atoms with E-state index in [0.29, 0.717) is 24.6 Å². The molecule has 1 fully saturated rings. The number of aryl methyl sites for hydroxylation is 2. The Kier molecular flexibility index (Phi) is 6.34. The Hall–Kier alpha value is -2.77. The summed E-state index contributed by atoms with van der Waals surface area (Å²) in [4.78, 5) is 20.2. The van der Waals surface area contributed by atoms with Crippen LogP contribution in [0.1, 0.15) is 47.3 Å². The minimum Gasteiger partial charge on any atom is -0.369 e. The number of ether oxygens (including phenoxy) is 1. The Bertz CT molecular complexity index is 1080. The molecule has 1 N–H and O–H groups in total. The van der Waals surface area contributed by atoms with Crippen LogP contribution < -0.4 is 5.32 Å². The Morgan fingerprint density at radius 1 is 1.32 bits per heavy atom. The lowest BCUT2D eigenvalue weighted by molar-refractivity contribution is -0.0349. The highest BCUT2D eigenvalue weighted by Gasteiger charge is 2.26. The van der Waals surface area contributed by atoms with Crippen molar-refractivity contribution in [3.8, 4) is 0 Å². The van der Waals surface area contributed by atoms with Gasteiger partial charge in [0.25, 0.3) is 5.91 Å². The summed E-state index contributed by atoms with van der Waals surface area (Å²) in [5.41, 5.74) is 4.56. The molecule has 7 heteroatoms. The number of amides is 1. The number of rotatable bonds is 6. The van der Waals surface area contributed by atoms with Crippen molar-refractivity contribution >= 4 is 16.8 Å². The lowest BCUT2D eigenvalue weighted by Crippen LogP contribution is -2.38. The smallest absolute Gasteiger partial charge is 0.252 e. The standard InChI is InChI=1S/C24H31N5O2/c1-16(2)12-25-24(30)20-11-22(26-21-8-6-5-7-19(20)21)23-15-29(9-10-31-23)14-18-13-28(4)27-17(18)3/h5-8,11,13,16,23H,9-10,12,14-15H2,1-4H3,(H,25,30)/t23-/m1/s1. The second-order valence-electron chi connectivity index (χ2n) is 8.72.